The van der Waals surface area contributed by atoms with Crippen LogP contribution in [-0.2, 0) is 4.79 Å². The van der Waals surface area contributed by atoms with Gasteiger partial charge in [0.1, 0.15) is 0 Å². The number of carbonyl (C=O) groups excluding carboxylic acids is 1. The molecule has 0 aliphatic rings. The van der Waals surface area contributed by atoms with Crippen molar-refractivity contribution in [3.05, 3.63) is 60.9 Å². The molecular formula is C17H13N5O2S. The summed E-state index contributed by atoms with van der Waals surface area (Å²) in [4.78, 5) is 12.0. The Morgan fingerprint density at radius 3 is 2.76 bits per heavy atom. The van der Waals surface area contributed by atoms with Gasteiger partial charge in [0.15, 0.2) is 11.5 Å². The number of amides is 1. The predicted molar refractivity (Wildman–Crippen MR) is 94.3 cm³/mol. The maximum atomic E-state index is 12.0. The van der Waals surface area contributed by atoms with E-state index < -0.39 is 0 Å². The van der Waals surface area contributed by atoms with Crippen LogP contribution in [0.1, 0.15) is 0 Å². The first-order valence-electron chi connectivity index (χ1n) is 7.54. The first-order valence-corrected chi connectivity index (χ1v) is 8.52. The van der Waals surface area contributed by atoms with Crippen LogP contribution in [-0.4, -0.2) is 31.5 Å². The summed E-state index contributed by atoms with van der Waals surface area (Å²) in [6.45, 7) is 0. The molecule has 0 aliphatic heterocycles. The van der Waals surface area contributed by atoms with Crippen LogP contribution in [0.15, 0.2) is 70.4 Å². The van der Waals surface area contributed by atoms with Crippen LogP contribution in [0.2, 0.25) is 0 Å². The van der Waals surface area contributed by atoms with E-state index in [1.165, 1.54) is 18.0 Å². The van der Waals surface area contributed by atoms with Crippen LogP contribution < -0.4 is 5.32 Å². The van der Waals surface area contributed by atoms with Crippen LogP contribution in [0.4, 0.5) is 5.88 Å². The third-order valence-corrected chi connectivity index (χ3v) is 4.34. The molecule has 4 rings (SSSR count). The van der Waals surface area contributed by atoms with Gasteiger partial charge < -0.3 is 4.42 Å². The van der Waals surface area contributed by atoms with Crippen molar-refractivity contribution >= 4 is 29.2 Å². The minimum absolute atomic E-state index is 0.179. The number of rotatable bonds is 5. The van der Waals surface area contributed by atoms with Gasteiger partial charge in [0.25, 0.3) is 0 Å². The zero-order valence-electron chi connectivity index (χ0n) is 13.0. The topological polar surface area (TPSA) is 85.3 Å². The minimum atomic E-state index is -0.184. The number of fused-ring (bicyclic) bond motifs is 1. The lowest BCUT2D eigenvalue weighted by Crippen LogP contribution is -2.13. The van der Waals surface area contributed by atoms with Gasteiger partial charge in [0.05, 0.1) is 17.7 Å². The van der Waals surface area contributed by atoms with Crippen molar-refractivity contribution in [2.24, 2.45) is 0 Å². The summed E-state index contributed by atoms with van der Waals surface area (Å²) >= 11 is 1.26. The van der Waals surface area contributed by atoms with Gasteiger partial charge in [-0.05, 0) is 18.2 Å². The van der Waals surface area contributed by atoms with Gasteiger partial charge in [-0.2, -0.15) is 9.61 Å². The summed E-state index contributed by atoms with van der Waals surface area (Å²) in [7, 11) is 0. The number of hydrogen-bond acceptors (Lipinski definition) is 6. The molecule has 0 saturated carbocycles. The van der Waals surface area contributed by atoms with Gasteiger partial charge in [-0.15, -0.1) is 10.2 Å². The van der Waals surface area contributed by atoms with Crippen LogP contribution in [0.5, 0.6) is 0 Å². The summed E-state index contributed by atoms with van der Waals surface area (Å²) < 4.78 is 6.74. The third kappa shape index (κ3) is 3.38. The molecule has 0 atom stereocenters. The molecule has 1 N–H and O–H groups in total. The summed E-state index contributed by atoms with van der Waals surface area (Å²) in [6.07, 6.45) is 1.50. The number of benzene rings is 1. The van der Waals surface area contributed by atoms with E-state index in [1.54, 1.807) is 16.6 Å². The number of anilines is 1. The van der Waals surface area contributed by atoms with E-state index >= 15 is 0 Å². The Balaban J connectivity index is 1.52. The summed E-state index contributed by atoms with van der Waals surface area (Å²) in [6, 6.07) is 17.0. The van der Waals surface area contributed by atoms with E-state index in [4.69, 9.17) is 4.42 Å². The lowest BCUT2D eigenvalue weighted by molar-refractivity contribution is -0.113. The van der Waals surface area contributed by atoms with Crippen molar-refractivity contribution < 1.29 is 9.21 Å². The molecule has 0 spiro atoms. The van der Waals surface area contributed by atoms with Gasteiger partial charge in [0.2, 0.25) is 11.1 Å². The number of nitrogens with zero attached hydrogens (tertiary/aromatic N) is 4. The maximum absolute atomic E-state index is 12.0. The molecule has 1 aromatic carbocycles. The Morgan fingerprint density at radius 2 is 1.96 bits per heavy atom. The smallest absolute Gasteiger partial charge is 0.237 e. The Morgan fingerprint density at radius 1 is 1.08 bits per heavy atom. The van der Waals surface area contributed by atoms with Gasteiger partial charge in [-0.1, -0.05) is 42.1 Å². The summed E-state index contributed by atoms with van der Waals surface area (Å²) in [5.74, 6) is 0.413. The number of nitrogens with one attached hydrogen (secondary N) is 1. The van der Waals surface area contributed by atoms with Crippen molar-refractivity contribution in [3.8, 4) is 11.3 Å². The fourth-order valence-electron chi connectivity index (χ4n) is 2.28. The molecule has 0 unspecified atom stereocenters. The Labute approximate surface area is 147 Å². The lowest BCUT2D eigenvalue weighted by atomic mass is 10.1. The summed E-state index contributed by atoms with van der Waals surface area (Å²) in [5, 5.41) is 16.0. The molecule has 1 amide bonds. The molecule has 7 nitrogen and oxygen atoms in total. The molecular weight excluding hydrogens is 338 g/mol. The second kappa shape index (κ2) is 6.78. The van der Waals surface area contributed by atoms with E-state index in [9.17, 15) is 4.79 Å². The highest BCUT2D eigenvalue weighted by Crippen LogP contribution is 2.20. The average molecular weight is 351 g/mol. The van der Waals surface area contributed by atoms with Gasteiger partial charge in [0, 0.05) is 11.6 Å². The molecule has 0 bridgehead atoms. The zero-order chi connectivity index (χ0) is 17.1. The molecule has 0 fully saturated rings. The van der Waals surface area contributed by atoms with Crippen molar-refractivity contribution in [1.29, 1.82) is 0 Å². The monoisotopic (exact) mass is 351 g/mol. The molecule has 25 heavy (non-hydrogen) atoms. The first-order chi connectivity index (χ1) is 12.3. The summed E-state index contributed by atoms with van der Waals surface area (Å²) in [5.41, 5.74) is 2.45. The van der Waals surface area contributed by atoms with E-state index in [2.05, 4.69) is 20.6 Å². The first kappa shape index (κ1) is 15.4. The van der Waals surface area contributed by atoms with Gasteiger partial charge >= 0.3 is 0 Å². The molecule has 4 aromatic rings. The normalized spacial score (nSPS) is 10.9. The maximum Gasteiger partial charge on any atom is 0.237 e. The Hall–Kier alpha value is -3.13. The minimum Gasteiger partial charge on any atom is -0.449 e. The van der Waals surface area contributed by atoms with Gasteiger partial charge in [-0.25, -0.2) is 0 Å². The number of aromatic nitrogens is 4. The highest BCUT2D eigenvalue weighted by atomic mass is 32.2. The molecule has 3 aromatic heterocycles. The lowest BCUT2D eigenvalue weighted by Gasteiger charge is -2.03. The molecule has 8 heteroatoms. The van der Waals surface area contributed by atoms with E-state index in [0.29, 0.717) is 16.7 Å². The average Bonchev–Trinajstić information content (AvgIpc) is 3.30. The Bertz CT molecular complexity index is 999. The fourth-order valence-corrected chi connectivity index (χ4v) is 2.96. The third-order valence-electron chi connectivity index (χ3n) is 3.42. The van der Waals surface area contributed by atoms with Crippen molar-refractivity contribution in [2.75, 3.05) is 11.1 Å². The van der Waals surface area contributed by atoms with E-state index in [0.717, 1.165) is 11.3 Å². The quantitative estimate of drug-likeness (QED) is 0.556. The van der Waals surface area contributed by atoms with Crippen LogP contribution in [0.3, 0.4) is 0 Å². The predicted octanol–water partition coefficient (Wildman–Crippen LogP) is 3.12. The number of carbonyl (C=O) groups is 1. The Kier molecular flexibility index (Phi) is 4.17. The highest BCUT2D eigenvalue weighted by Gasteiger charge is 2.12. The number of furan rings is 1. The number of thioether (sulfide) groups is 1. The van der Waals surface area contributed by atoms with Crippen LogP contribution in [0, 0.1) is 0 Å². The molecule has 124 valence electrons. The van der Waals surface area contributed by atoms with Crippen molar-refractivity contribution in [3.63, 3.8) is 0 Å². The fraction of sp³-hybridized carbons (Fsp3) is 0.0588. The molecule has 0 aliphatic carbocycles. The molecule has 0 saturated heterocycles. The standard InChI is InChI=1S/C17H13N5O2S/c23-15(18-16-7-4-10-24-16)11-25-17-20-19-14-9-8-13(21-22(14)17)12-5-2-1-3-6-12/h1-10H,11H2,(H,18,23). The van der Waals surface area contributed by atoms with Crippen LogP contribution >= 0.6 is 11.8 Å². The number of hydrogen-bond donors (Lipinski definition) is 1. The zero-order valence-corrected chi connectivity index (χ0v) is 13.8. The second-order valence-corrected chi connectivity index (χ2v) is 6.09. The van der Waals surface area contributed by atoms with Crippen molar-refractivity contribution in [2.45, 2.75) is 5.16 Å². The van der Waals surface area contributed by atoms with Crippen LogP contribution in [0.25, 0.3) is 16.9 Å². The second-order valence-electron chi connectivity index (χ2n) is 5.15. The van der Waals surface area contributed by atoms with Crippen molar-refractivity contribution in [1.82, 2.24) is 19.8 Å². The molecule has 3 heterocycles. The largest absolute Gasteiger partial charge is 0.449 e. The van der Waals surface area contributed by atoms with E-state index in [1.807, 2.05) is 42.5 Å². The SMILES string of the molecule is O=C(CSc1nnc2ccc(-c3ccccc3)nn12)Nc1ccco1. The van der Waals surface area contributed by atoms with E-state index in [-0.39, 0.29) is 11.7 Å². The van der Waals surface area contributed by atoms with Gasteiger partial charge in [-0.3, -0.25) is 10.1 Å². The highest BCUT2D eigenvalue weighted by molar-refractivity contribution is 7.99. The molecule has 0 radical (unpaired) electrons.